The van der Waals surface area contributed by atoms with Crippen LogP contribution in [0, 0.1) is 5.82 Å². The van der Waals surface area contributed by atoms with Gasteiger partial charge in [-0.2, -0.15) is 4.98 Å². The molecular weight excluding hydrogens is 249 g/mol. The second-order valence-electron chi connectivity index (χ2n) is 4.68. The number of nitrogens with one attached hydrogen (secondary N) is 1. The van der Waals surface area contributed by atoms with Gasteiger partial charge in [-0.15, -0.1) is 0 Å². The van der Waals surface area contributed by atoms with Crippen LogP contribution >= 0.6 is 0 Å². The third-order valence-electron chi connectivity index (χ3n) is 3.26. The van der Waals surface area contributed by atoms with E-state index < -0.39 is 5.82 Å². The minimum atomic E-state index is -0.693. The van der Waals surface area contributed by atoms with Crippen molar-refractivity contribution in [3.8, 4) is 17.1 Å². The number of phenolic OH excluding ortho intramolecular Hbond substituents is 1. The van der Waals surface area contributed by atoms with Crippen LogP contribution in [0.4, 0.5) is 4.39 Å². The van der Waals surface area contributed by atoms with Gasteiger partial charge in [0.25, 0.3) is 0 Å². The molecule has 3 rings (SSSR count). The smallest absolute Gasteiger partial charge is 0.228 e. The number of hydrogen-bond donors (Lipinski definition) is 2. The Balaban J connectivity index is 1.78. The minimum Gasteiger partial charge on any atom is -0.505 e. The highest BCUT2D eigenvalue weighted by atomic mass is 19.1. The molecule has 1 unspecified atom stereocenters. The molecule has 1 aliphatic rings. The predicted molar refractivity (Wildman–Crippen MR) is 66.1 cm³/mol. The van der Waals surface area contributed by atoms with Gasteiger partial charge < -0.3 is 14.9 Å². The molecule has 0 bridgehead atoms. The quantitative estimate of drug-likeness (QED) is 0.884. The summed E-state index contributed by atoms with van der Waals surface area (Å²) < 4.78 is 18.4. The van der Waals surface area contributed by atoms with Crippen molar-refractivity contribution in [2.75, 3.05) is 6.54 Å². The Morgan fingerprint density at radius 2 is 2.37 bits per heavy atom. The molecule has 1 aromatic heterocycles. The molecule has 100 valence electrons. The van der Waals surface area contributed by atoms with Crippen LogP contribution in [0.15, 0.2) is 22.7 Å². The van der Waals surface area contributed by atoms with E-state index in [1.807, 2.05) is 0 Å². The molecule has 2 N–H and O–H groups in total. The van der Waals surface area contributed by atoms with Crippen LogP contribution < -0.4 is 5.32 Å². The molecule has 2 aromatic rings. The Kier molecular flexibility index (Phi) is 3.16. The molecule has 1 aliphatic heterocycles. The van der Waals surface area contributed by atoms with Crippen molar-refractivity contribution in [1.82, 2.24) is 15.5 Å². The SMILES string of the molecule is Oc1ccc(-c2noc(CC3CCCN3)n2)cc1F. The third-order valence-corrected chi connectivity index (χ3v) is 3.26. The monoisotopic (exact) mass is 263 g/mol. The average Bonchev–Trinajstić information content (AvgIpc) is 3.05. The largest absolute Gasteiger partial charge is 0.505 e. The number of benzene rings is 1. The Morgan fingerprint density at radius 1 is 1.47 bits per heavy atom. The number of nitrogens with zero attached hydrogens (tertiary/aromatic N) is 2. The summed E-state index contributed by atoms with van der Waals surface area (Å²) in [5.74, 6) is -0.196. The zero-order valence-corrected chi connectivity index (χ0v) is 10.3. The molecule has 1 fully saturated rings. The van der Waals surface area contributed by atoms with E-state index in [1.54, 1.807) is 6.07 Å². The standard InChI is InChI=1S/C13H14FN3O2/c14-10-6-8(3-4-11(10)18)13-16-12(19-17-13)7-9-2-1-5-15-9/h3-4,6,9,15,18H,1-2,5,7H2. The number of aromatic nitrogens is 2. The number of halogens is 1. The summed E-state index contributed by atoms with van der Waals surface area (Å²) in [6.45, 7) is 1.02. The van der Waals surface area contributed by atoms with Gasteiger partial charge in [-0.05, 0) is 37.6 Å². The van der Waals surface area contributed by atoms with E-state index in [-0.39, 0.29) is 5.75 Å². The van der Waals surface area contributed by atoms with E-state index in [0.717, 1.165) is 19.4 Å². The molecule has 0 spiro atoms. The van der Waals surface area contributed by atoms with Crippen LogP contribution in [-0.2, 0) is 6.42 Å². The maximum Gasteiger partial charge on any atom is 0.228 e. The van der Waals surface area contributed by atoms with Crippen molar-refractivity contribution in [1.29, 1.82) is 0 Å². The Hall–Kier alpha value is -1.95. The molecule has 0 radical (unpaired) electrons. The summed E-state index contributed by atoms with van der Waals surface area (Å²) in [5, 5.41) is 16.3. The predicted octanol–water partition coefficient (Wildman–Crippen LogP) is 1.88. The number of rotatable bonds is 3. The average molecular weight is 263 g/mol. The minimum absolute atomic E-state index is 0.340. The molecule has 5 nitrogen and oxygen atoms in total. The van der Waals surface area contributed by atoms with Crippen LogP contribution in [0.2, 0.25) is 0 Å². The van der Waals surface area contributed by atoms with Crippen LogP contribution in [0.25, 0.3) is 11.4 Å². The van der Waals surface area contributed by atoms with Gasteiger partial charge in [0, 0.05) is 18.0 Å². The zero-order valence-electron chi connectivity index (χ0n) is 10.3. The first-order chi connectivity index (χ1) is 9.22. The third kappa shape index (κ3) is 2.58. The van der Waals surface area contributed by atoms with E-state index >= 15 is 0 Å². The lowest BCUT2D eigenvalue weighted by Crippen LogP contribution is -2.23. The lowest BCUT2D eigenvalue weighted by Gasteiger charge is -2.04. The number of aromatic hydroxyl groups is 1. The molecule has 2 heterocycles. The van der Waals surface area contributed by atoms with Crippen LogP contribution in [0.3, 0.4) is 0 Å². The Bertz CT molecular complexity index is 579. The highest BCUT2D eigenvalue weighted by Gasteiger charge is 2.18. The van der Waals surface area contributed by atoms with Gasteiger partial charge in [0.05, 0.1) is 0 Å². The maximum atomic E-state index is 13.3. The van der Waals surface area contributed by atoms with Crippen molar-refractivity contribution in [3.05, 3.63) is 29.9 Å². The second-order valence-corrected chi connectivity index (χ2v) is 4.68. The first-order valence-electron chi connectivity index (χ1n) is 6.27. The molecule has 0 saturated carbocycles. The van der Waals surface area contributed by atoms with E-state index in [9.17, 15) is 4.39 Å². The summed E-state index contributed by atoms with van der Waals surface area (Å²) in [7, 11) is 0. The van der Waals surface area contributed by atoms with Gasteiger partial charge >= 0.3 is 0 Å². The molecule has 19 heavy (non-hydrogen) atoms. The van der Waals surface area contributed by atoms with Gasteiger partial charge in [-0.3, -0.25) is 0 Å². The summed E-state index contributed by atoms with van der Waals surface area (Å²) in [4.78, 5) is 4.25. The lowest BCUT2D eigenvalue weighted by molar-refractivity contribution is 0.364. The first-order valence-corrected chi connectivity index (χ1v) is 6.27. The van der Waals surface area contributed by atoms with Gasteiger partial charge in [0.2, 0.25) is 11.7 Å². The van der Waals surface area contributed by atoms with Crippen molar-refractivity contribution in [2.45, 2.75) is 25.3 Å². The van der Waals surface area contributed by atoms with Crippen LogP contribution in [0.5, 0.6) is 5.75 Å². The Morgan fingerprint density at radius 3 is 3.11 bits per heavy atom. The van der Waals surface area contributed by atoms with E-state index in [1.165, 1.54) is 12.1 Å². The zero-order chi connectivity index (χ0) is 13.2. The fourth-order valence-corrected chi connectivity index (χ4v) is 2.24. The van der Waals surface area contributed by atoms with Crippen LogP contribution in [-0.4, -0.2) is 27.8 Å². The number of phenols is 1. The lowest BCUT2D eigenvalue weighted by atomic mass is 10.1. The van der Waals surface area contributed by atoms with Crippen molar-refractivity contribution >= 4 is 0 Å². The van der Waals surface area contributed by atoms with Crippen molar-refractivity contribution < 1.29 is 14.0 Å². The highest BCUT2D eigenvalue weighted by molar-refractivity contribution is 5.55. The van der Waals surface area contributed by atoms with Gasteiger partial charge in [-0.25, -0.2) is 4.39 Å². The molecule has 1 saturated heterocycles. The summed E-state index contributed by atoms with van der Waals surface area (Å²) in [5.41, 5.74) is 0.490. The van der Waals surface area contributed by atoms with E-state index in [2.05, 4.69) is 15.5 Å². The number of hydrogen-bond acceptors (Lipinski definition) is 5. The topological polar surface area (TPSA) is 71.2 Å². The van der Waals surface area contributed by atoms with Crippen molar-refractivity contribution in [3.63, 3.8) is 0 Å². The highest BCUT2D eigenvalue weighted by Crippen LogP contribution is 2.23. The molecule has 0 aliphatic carbocycles. The molecule has 6 heteroatoms. The summed E-state index contributed by atoms with van der Waals surface area (Å²) in [6, 6.07) is 4.41. The van der Waals surface area contributed by atoms with Gasteiger partial charge in [-0.1, -0.05) is 5.16 Å². The first kappa shape index (κ1) is 12.1. The van der Waals surface area contributed by atoms with E-state index in [4.69, 9.17) is 9.63 Å². The van der Waals surface area contributed by atoms with Gasteiger partial charge in [0.1, 0.15) is 0 Å². The molecular formula is C13H14FN3O2. The van der Waals surface area contributed by atoms with E-state index in [0.29, 0.717) is 29.7 Å². The Labute approximate surface area is 109 Å². The second kappa shape index (κ2) is 4.97. The molecule has 0 amide bonds. The fourth-order valence-electron chi connectivity index (χ4n) is 2.24. The fraction of sp³-hybridized carbons (Fsp3) is 0.385. The van der Waals surface area contributed by atoms with Crippen LogP contribution in [0.1, 0.15) is 18.7 Å². The molecule has 1 aromatic carbocycles. The summed E-state index contributed by atoms with van der Waals surface area (Å²) in [6.07, 6.45) is 2.95. The summed E-state index contributed by atoms with van der Waals surface area (Å²) >= 11 is 0. The molecule has 1 atom stereocenters. The normalized spacial score (nSPS) is 18.9. The van der Waals surface area contributed by atoms with Gasteiger partial charge in [0.15, 0.2) is 11.6 Å². The maximum absolute atomic E-state index is 13.3. The van der Waals surface area contributed by atoms with Crippen molar-refractivity contribution in [2.24, 2.45) is 0 Å².